The zero-order valence-corrected chi connectivity index (χ0v) is 8.84. The van der Waals surface area contributed by atoms with E-state index in [1.54, 1.807) is 6.07 Å². The fourth-order valence-electron chi connectivity index (χ4n) is 1.36. The van der Waals surface area contributed by atoms with Gasteiger partial charge in [-0.1, -0.05) is 18.2 Å². The van der Waals surface area contributed by atoms with Crippen molar-refractivity contribution in [3.05, 3.63) is 48.0 Å². The maximum Gasteiger partial charge on any atom is 0.161 e. The van der Waals surface area contributed by atoms with Gasteiger partial charge in [0.25, 0.3) is 0 Å². The number of para-hydroxylation sites is 1. The first-order valence-electron chi connectivity index (χ1n) is 4.92. The summed E-state index contributed by atoms with van der Waals surface area (Å²) in [6, 6.07) is 12.0. The van der Waals surface area contributed by atoms with E-state index >= 15 is 0 Å². The summed E-state index contributed by atoms with van der Waals surface area (Å²) in [6.07, 6.45) is 0. The van der Waals surface area contributed by atoms with E-state index in [2.05, 4.69) is 0 Å². The summed E-state index contributed by atoms with van der Waals surface area (Å²) in [7, 11) is 0. The fourth-order valence-corrected chi connectivity index (χ4v) is 1.36. The van der Waals surface area contributed by atoms with Crippen LogP contribution in [-0.4, -0.2) is 10.2 Å². The van der Waals surface area contributed by atoms with Gasteiger partial charge >= 0.3 is 0 Å². The molecule has 0 aliphatic carbocycles. The average molecular weight is 216 g/mol. The van der Waals surface area contributed by atoms with E-state index in [4.69, 9.17) is 9.84 Å². The Bertz CT molecular complexity index is 506. The molecule has 2 aromatic carbocycles. The van der Waals surface area contributed by atoms with Crippen LogP contribution in [0.5, 0.6) is 23.0 Å². The summed E-state index contributed by atoms with van der Waals surface area (Å²) in [5, 5.41) is 18.5. The topological polar surface area (TPSA) is 49.7 Å². The number of benzene rings is 2. The van der Waals surface area contributed by atoms with Gasteiger partial charge < -0.3 is 14.9 Å². The maximum atomic E-state index is 9.32. The van der Waals surface area contributed by atoms with Crippen LogP contribution in [0.2, 0.25) is 0 Å². The number of hydrogen-bond donors (Lipinski definition) is 2. The Kier molecular flexibility index (Phi) is 2.68. The third kappa shape index (κ3) is 2.08. The number of phenolic OH excluding ortho intramolecular Hbond substituents is 2. The van der Waals surface area contributed by atoms with Gasteiger partial charge in [0.1, 0.15) is 11.5 Å². The largest absolute Gasteiger partial charge is 0.504 e. The Hall–Kier alpha value is -2.16. The molecule has 0 heterocycles. The number of rotatable bonds is 2. The van der Waals surface area contributed by atoms with Gasteiger partial charge in [0.05, 0.1) is 0 Å². The Morgan fingerprint density at radius 3 is 2.38 bits per heavy atom. The van der Waals surface area contributed by atoms with Gasteiger partial charge in [-0.2, -0.15) is 0 Å². The first-order valence-corrected chi connectivity index (χ1v) is 4.92. The van der Waals surface area contributed by atoms with Crippen LogP contribution >= 0.6 is 0 Å². The lowest BCUT2D eigenvalue weighted by molar-refractivity contribution is 0.397. The summed E-state index contributed by atoms with van der Waals surface area (Å²) >= 11 is 0. The van der Waals surface area contributed by atoms with Crippen molar-refractivity contribution in [2.75, 3.05) is 0 Å². The molecule has 0 amide bonds. The Balaban J connectivity index is 2.28. The second kappa shape index (κ2) is 4.14. The first kappa shape index (κ1) is 10.4. The average Bonchev–Trinajstić information content (AvgIpc) is 2.27. The number of aryl methyl sites for hydroxylation is 1. The molecule has 0 aliphatic rings. The highest BCUT2D eigenvalue weighted by Crippen LogP contribution is 2.32. The highest BCUT2D eigenvalue weighted by Gasteiger charge is 2.04. The summed E-state index contributed by atoms with van der Waals surface area (Å²) in [4.78, 5) is 0. The van der Waals surface area contributed by atoms with Crippen LogP contribution in [0.25, 0.3) is 0 Å². The second-order valence-corrected chi connectivity index (χ2v) is 3.52. The molecule has 0 atom stereocenters. The molecule has 0 aromatic heterocycles. The van der Waals surface area contributed by atoms with Gasteiger partial charge in [0.2, 0.25) is 0 Å². The zero-order chi connectivity index (χ0) is 11.5. The van der Waals surface area contributed by atoms with Crippen LogP contribution in [0.15, 0.2) is 42.5 Å². The molecule has 0 bridgehead atoms. The van der Waals surface area contributed by atoms with Gasteiger partial charge in [-0.05, 0) is 30.7 Å². The van der Waals surface area contributed by atoms with Crippen LogP contribution in [0.3, 0.4) is 0 Å². The third-order valence-corrected chi connectivity index (χ3v) is 2.27. The molecule has 0 unspecified atom stereocenters. The Morgan fingerprint density at radius 2 is 1.69 bits per heavy atom. The van der Waals surface area contributed by atoms with Gasteiger partial charge in [0.15, 0.2) is 11.5 Å². The minimum absolute atomic E-state index is 0.155. The van der Waals surface area contributed by atoms with Gasteiger partial charge in [0, 0.05) is 6.07 Å². The second-order valence-electron chi connectivity index (χ2n) is 3.52. The highest BCUT2D eigenvalue weighted by atomic mass is 16.5. The van der Waals surface area contributed by atoms with Crippen molar-refractivity contribution < 1.29 is 14.9 Å². The molecular weight excluding hydrogens is 204 g/mol. The van der Waals surface area contributed by atoms with Crippen molar-refractivity contribution >= 4 is 0 Å². The van der Waals surface area contributed by atoms with Crippen LogP contribution in [0.4, 0.5) is 0 Å². The molecule has 2 N–H and O–H groups in total. The monoisotopic (exact) mass is 216 g/mol. The number of ether oxygens (including phenoxy) is 1. The lowest BCUT2D eigenvalue weighted by Crippen LogP contribution is -1.86. The van der Waals surface area contributed by atoms with Gasteiger partial charge in [-0.3, -0.25) is 0 Å². The molecular formula is C13H12O3. The SMILES string of the molecule is Cc1ccccc1Oc1ccc(O)c(O)c1. The van der Waals surface area contributed by atoms with Crippen LogP contribution < -0.4 is 4.74 Å². The molecule has 82 valence electrons. The van der Waals surface area contributed by atoms with Crippen molar-refractivity contribution in [1.82, 2.24) is 0 Å². The summed E-state index contributed by atoms with van der Waals surface area (Å²) in [6.45, 7) is 1.94. The molecule has 2 aromatic rings. The molecule has 2 rings (SSSR count). The minimum Gasteiger partial charge on any atom is -0.504 e. The van der Waals surface area contributed by atoms with E-state index in [1.165, 1.54) is 12.1 Å². The van der Waals surface area contributed by atoms with Crippen molar-refractivity contribution in [3.8, 4) is 23.0 Å². The molecule has 0 aliphatic heterocycles. The Morgan fingerprint density at radius 1 is 0.938 bits per heavy atom. The molecule has 0 saturated carbocycles. The third-order valence-electron chi connectivity index (χ3n) is 2.27. The van der Waals surface area contributed by atoms with Crippen molar-refractivity contribution in [1.29, 1.82) is 0 Å². The van der Waals surface area contributed by atoms with Crippen molar-refractivity contribution in [2.24, 2.45) is 0 Å². The molecule has 0 radical (unpaired) electrons. The van der Waals surface area contributed by atoms with E-state index < -0.39 is 0 Å². The van der Waals surface area contributed by atoms with E-state index in [0.29, 0.717) is 5.75 Å². The lowest BCUT2D eigenvalue weighted by Gasteiger charge is -2.08. The maximum absolute atomic E-state index is 9.32. The van der Waals surface area contributed by atoms with E-state index in [0.717, 1.165) is 11.3 Å². The highest BCUT2D eigenvalue weighted by molar-refractivity contribution is 5.45. The molecule has 16 heavy (non-hydrogen) atoms. The summed E-state index contributed by atoms with van der Waals surface area (Å²) in [5.41, 5.74) is 1.01. The lowest BCUT2D eigenvalue weighted by atomic mass is 10.2. The van der Waals surface area contributed by atoms with Crippen molar-refractivity contribution in [2.45, 2.75) is 6.92 Å². The number of phenols is 2. The van der Waals surface area contributed by atoms with Crippen LogP contribution in [0.1, 0.15) is 5.56 Å². The normalized spacial score (nSPS) is 10.1. The van der Waals surface area contributed by atoms with Gasteiger partial charge in [-0.15, -0.1) is 0 Å². The summed E-state index contributed by atoms with van der Waals surface area (Å²) in [5.74, 6) is 0.875. The quantitative estimate of drug-likeness (QED) is 0.758. The molecule has 3 nitrogen and oxygen atoms in total. The van der Waals surface area contributed by atoms with Crippen LogP contribution in [0, 0.1) is 6.92 Å². The molecule has 3 heteroatoms. The van der Waals surface area contributed by atoms with Crippen LogP contribution in [-0.2, 0) is 0 Å². The molecule has 0 spiro atoms. The predicted molar refractivity (Wildman–Crippen MR) is 61.0 cm³/mol. The minimum atomic E-state index is -0.189. The zero-order valence-electron chi connectivity index (χ0n) is 8.84. The number of aromatic hydroxyl groups is 2. The standard InChI is InChI=1S/C13H12O3/c1-9-4-2-3-5-13(9)16-10-6-7-11(14)12(15)8-10/h2-8,14-15H,1H3. The van der Waals surface area contributed by atoms with E-state index in [9.17, 15) is 5.11 Å². The van der Waals surface area contributed by atoms with Crippen molar-refractivity contribution in [3.63, 3.8) is 0 Å². The number of hydrogen-bond acceptors (Lipinski definition) is 3. The summed E-state index contributed by atoms with van der Waals surface area (Å²) < 4.78 is 5.57. The fraction of sp³-hybridized carbons (Fsp3) is 0.0769. The van der Waals surface area contributed by atoms with E-state index in [1.807, 2.05) is 31.2 Å². The molecule has 0 fully saturated rings. The van der Waals surface area contributed by atoms with Gasteiger partial charge in [-0.25, -0.2) is 0 Å². The smallest absolute Gasteiger partial charge is 0.161 e. The van der Waals surface area contributed by atoms with E-state index in [-0.39, 0.29) is 11.5 Å². The predicted octanol–water partition coefficient (Wildman–Crippen LogP) is 3.20. The Labute approximate surface area is 93.6 Å². The first-order chi connectivity index (χ1) is 7.66. The molecule has 0 saturated heterocycles.